The van der Waals surface area contributed by atoms with Crippen molar-refractivity contribution in [3.8, 4) is 5.75 Å². The minimum atomic E-state index is 0.192. The molecule has 0 amide bonds. The van der Waals surface area contributed by atoms with Crippen molar-refractivity contribution in [3.63, 3.8) is 0 Å². The van der Waals surface area contributed by atoms with E-state index in [0.29, 0.717) is 6.54 Å². The van der Waals surface area contributed by atoms with Crippen LogP contribution in [0.3, 0.4) is 0 Å². The molecule has 1 aromatic carbocycles. The number of nitrogens with two attached hydrogens (primary N) is 1. The summed E-state index contributed by atoms with van der Waals surface area (Å²) in [6, 6.07) is 6.16. The monoisotopic (exact) mass is 205 g/mol. The molecule has 0 saturated heterocycles. The van der Waals surface area contributed by atoms with Crippen LogP contribution in [0, 0.1) is 6.92 Å². The highest BCUT2D eigenvalue weighted by molar-refractivity contribution is 5.58. The van der Waals surface area contributed by atoms with Gasteiger partial charge in [0.1, 0.15) is 5.75 Å². The summed E-state index contributed by atoms with van der Waals surface area (Å²) in [5.41, 5.74) is 7.75. The van der Waals surface area contributed by atoms with Crippen molar-refractivity contribution >= 4 is 6.08 Å². The summed E-state index contributed by atoms with van der Waals surface area (Å²) >= 11 is 0. The number of hydrogen-bond acceptors (Lipinski definition) is 2. The minimum absolute atomic E-state index is 0.192. The third kappa shape index (κ3) is 3.76. The van der Waals surface area contributed by atoms with E-state index in [1.54, 1.807) is 0 Å². The van der Waals surface area contributed by atoms with E-state index in [1.165, 1.54) is 5.56 Å². The Bertz CT molecular complexity index is 342. The van der Waals surface area contributed by atoms with Gasteiger partial charge in [-0.25, -0.2) is 0 Å². The Balaban J connectivity index is 2.97. The predicted molar refractivity (Wildman–Crippen MR) is 65.0 cm³/mol. The quantitative estimate of drug-likeness (QED) is 0.820. The fourth-order valence-corrected chi connectivity index (χ4v) is 1.35. The van der Waals surface area contributed by atoms with Crippen LogP contribution >= 0.6 is 0 Å². The number of benzene rings is 1. The van der Waals surface area contributed by atoms with Gasteiger partial charge in [0.05, 0.1) is 6.10 Å². The lowest BCUT2D eigenvalue weighted by Crippen LogP contribution is -2.06. The van der Waals surface area contributed by atoms with Crippen molar-refractivity contribution in [2.24, 2.45) is 5.73 Å². The van der Waals surface area contributed by atoms with Crippen LogP contribution in [0.4, 0.5) is 0 Å². The molecule has 0 aromatic heterocycles. The number of ether oxygens (including phenoxy) is 1. The lowest BCUT2D eigenvalue weighted by molar-refractivity contribution is 0.242. The first-order valence-corrected chi connectivity index (χ1v) is 5.27. The Labute approximate surface area is 91.7 Å². The van der Waals surface area contributed by atoms with Gasteiger partial charge >= 0.3 is 0 Å². The molecule has 0 aliphatic carbocycles. The molecule has 0 aliphatic heterocycles. The predicted octanol–water partition coefficient (Wildman–Crippen LogP) is 2.75. The summed E-state index contributed by atoms with van der Waals surface area (Å²) < 4.78 is 5.71. The van der Waals surface area contributed by atoms with Crippen molar-refractivity contribution in [3.05, 3.63) is 35.4 Å². The third-order valence-corrected chi connectivity index (χ3v) is 1.96. The van der Waals surface area contributed by atoms with Crippen molar-refractivity contribution in [1.82, 2.24) is 0 Å². The van der Waals surface area contributed by atoms with Gasteiger partial charge in [0.15, 0.2) is 0 Å². The molecule has 15 heavy (non-hydrogen) atoms. The van der Waals surface area contributed by atoms with Crippen molar-refractivity contribution in [1.29, 1.82) is 0 Å². The molecule has 2 nitrogen and oxygen atoms in total. The van der Waals surface area contributed by atoms with Crippen LogP contribution in [0.2, 0.25) is 0 Å². The summed E-state index contributed by atoms with van der Waals surface area (Å²) in [5, 5.41) is 0. The summed E-state index contributed by atoms with van der Waals surface area (Å²) in [6.07, 6.45) is 4.13. The van der Waals surface area contributed by atoms with Crippen LogP contribution in [0.25, 0.3) is 6.08 Å². The topological polar surface area (TPSA) is 35.2 Å². The standard InChI is InChI=1S/C13H19NO/c1-10(2)15-13-7-6-11(3)9-12(13)5-4-8-14/h4-7,9-10H,8,14H2,1-3H3/b5-4+. The second kappa shape index (κ2) is 5.56. The lowest BCUT2D eigenvalue weighted by atomic mass is 10.1. The van der Waals surface area contributed by atoms with Gasteiger partial charge in [-0.1, -0.05) is 23.8 Å². The van der Waals surface area contributed by atoms with E-state index in [2.05, 4.69) is 19.1 Å². The van der Waals surface area contributed by atoms with Gasteiger partial charge < -0.3 is 10.5 Å². The van der Waals surface area contributed by atoms with Crippen molar-refractivity contribution in [2.45, 2.75) is 26.9 Å². The zero-order valence-electron chi connectivity index (χ0n) is 9.66. The van der Waals surface area contributed by atoms with Crippen LogP contribution in [-0.2, 0) is 0 Å². The van der Waals surface area contributed by atoms with E-state index in [1.807, 2.05) is 32.1 Å². The van der Waals surface area contributed by atoms with Crippen molar-refractivity contribution < 1.29 is 4.74 Å². The molecular weight excluding hydrogens is 186 g/mol. The van der Waals surface area contributed by atoms with Crippen LogP contribution in [0.1, 0.15) is 25.0 Å². The number of hydrogen-bond donors (Lipinski definition) is 1. The molecule has 0 aliphatic rings. The van der Waals surface area contributed by atoms with Crippen LogP contribution in [-0.4, -0.2) is 12.6 Å². The normalized spacial score (nSPS) is 11.3. The van der Waals surface area contributed by atoms with Gasteiger partial charge in [0.25, 0.3) is 0 Å². The van der Waals surface area contributed by atoms with Gasteiger partial charge in [0, 0.05) is 12.1 Å². The summed E-state index contributed by atoms with van der Waals surface area (Å²) in [6.45, 7) is 6.67. The van der Waals surface area contributed by atoms with Crippen LogP contribution < -0.4 is 10.5 Å². The summed E-state index contributed by atoms with van der Waals surface area (Å²) in [4.78, 5) is 0. The van der Waals surface area contributed by atoms with E-state index in [0.717, 1.165) is 11.3 Å². The zero-order valence-corrected chi connectivity index (χ0v) is 9.66. The van der Waals surface area contributed by atoms with E-state index in [9.17, 15) is 0 Å². The Kier molecular flexibility index (Phi) is 4.37. The molecule has 2 heteroatoms. The summed E-state index contributed by atoms with van der Waals surface area (Å²) in [7, 11) is 0. The smallest absolute Gasteiger partial charge is 0.126 e. The molecule has 0 atom stereocenters. The number of aryl methyl sites for hydroxylation is 1. The maximum Gasteiger partial charge on any atom is 0.126 e. The van der Waals surface area contributed by atoms with E-state index >= 15 is 0 Å². The average molecular weight is 205 g/mol. The fourth-order valence-electron chi connectivity index (χ4n) is 1.35. The fraction of sp³-hybridized carbons (Fsp3) is 0.385. The first kappa shape index (κ1) is 11.8. The average Bonchev–Trinajstić information content (AvgIpc) is 2.18. The van der Waals surface area contributed by atoms with Gasteiger partial charge in [-0.15, -0.1) is 0 Å². The minimum Gasteiger partial charge on any atom is -0.490 e. The molecule has 82 valence electrons. The van der Waals surface area contributed by atoms with Gasteiger partial charge in [-0.05, 0) is 32.9 Å². The second-order valence-corrected chi connectivity index (χ2v) is 3.85. The van der Waals surface area contributed by atoms with E-state index in [4.69, 9.17) is 10.5 Å². The SMILES string of the molecule is Cc1ccc(OC(C)C)c(/C=C/CN)c1. The second-order valence-electron chi connectivity index (χ2n) is 3.85. The van der Waals surface area contributed by atoms with E-state index in [-0.39, 0.29) is 6.10 Å². The maximum absolute atomic E-state index is 5.71. The molecule has 1 aromatic rings. The Morgan fingerprint density at radius 3 is 2.73 bits per heavy atom. The van der Waals surface area contributed by atoms with Crippen molar-refractivity contribution in [2.75, 3.05) is 6.54 Å². The zero-order chi connectivity index (χ0) is 11.3. The molecule has 0 spiro atoms. The van der Waals surface area contributed by atoms with Crippen LogP contribution in [0.5, 0.6) is 5.75 Å². The van der Waals surface area contributed by atoms with Crippen LogP contribution in [0.15, 0.2) is 24.3 Å². The lowest BCUT2D eigenvalue weighted by Gasteiger charge is -2.12. The molecule has 2 N–H and O–H groups in total. The first-order valence-electron chi connectivity index (χ1n) is 5.27. The molecule has 0 bridgehead atoms. The molecule has 0 unspecified atom stereocenters. The molecule has 0 radical (unpaired) electrons. The summed E-state index contributed by atoms with van der Waals surface area (Å²) in [5.74, 6) is 0.917. The third-order valence-electron chi connectivity index (χ3n) is 1.96. The molecule has 1 rings (SSSR count). The maximum atomic E-state index is 5.71. The molecule has 0 fully saturated rings. The Morgan fingerprint density at radius 2 is 2.13 bits per heavy atom. The highest BCUT2D eigenvalue weighted by Crippen LogP contribution is 2.22. The largest absolute Gasteiger partial charge is 0.490 e. The highest BCUT2D eigenvalue weighted by atomic mass is 16.5. The van der Waals surface area contributed by atoms with Gasteiger partial charge in [0.2, 0.25) is 0 Å². The van der Waals surface area contributed by atoms with Gasteiger partial charge in [-0.2, -0.15) is 0 Å². The molecule has 0 saturated carbocycles. The highest BCUT2D eigenvalue weighted by Gasteiger charge is 2.02. The number of rotatable bonds is 4. The Morgan fingerprint density at radius 1 is 1.40 bits per heavy atom. The molecule has 0 heterocycles. The van der Waals surface area contributed by atoms with E-state index < -0.39 is 0 Å². The molecular formula is C13H19NO. The first-order chi connectivity index (χ1) is 7.13. The van der Waals surface area contributed by atoms with Gasteiger partial charge in [-0.3, -0.25) is 0 Å². The Hall–Kier alpha value is -1.28.